The van der Waals surface area contributed by atoms with Gasteiger partial charge in [-0.05, 0) is 49.4 Å². The number of allylic oxidation sites excluding steroid dienone is 1. The van der Waals surface area contributed by atoms with E-state index in [9.17, 15) is 9.59 Å². The highest BCUT2D eigenvalue weighted by molar-refractivity contribution is 7.98. The number of thioether (sulfide) groups is 1. The first-order chi connectivity index (χ1) is 15.6. The number of nitrogens with one attached hydrogen (secondary N) is 2. The first kappa shape index (κ1) is 21.9. The minimum absolute atomic E-state index is 0.0347. The van der Waals surface area contributed by atoms with E-state index in [1.54, 1.807) is 28.6 Å². The third-order valence-corrected chi connectivity index (χ3v) is 6.18. The molecule has 8 nitrogen and oxygen atoms in total. The Bertz CT molecular complexity index is 1190. The van der Waals surface area contributed by atoms with E-state index in [2.05, 4.69) is 27.2 Å². The van der Waals surface area contributed by atoms with Gasteiger partial charge in [0, 0.05) is 42.5 Å². The van der Waals surface area contributed by atoms with Gasteiger partial charge in [0.25, 0.3) is 5.56 Å². The van der Waals surface area contributed by atoms with Gasteiger partial charge in [0.05, 0.1) is 0 Å². The Hall–Kier alpha value is -3.33. The van der Waals surface area contributed by atoms with Crippen molar-refractivity contribution in [1.82, 2.24) is 19.9 Å². The molecule has 0 aliphatic carbocycles. The quantitative estimate of drug-likeness (QED) is 0.441. The van der Waals surface area contributed by atoms with E-state index in [-0.39, 0.29) is 17.6 Å². The first-order valence-electron chi connectivity index (χ1n) is 10.5. The van der Waals surface area contributed by atoms with Crippen molar-refractivity contribution in [3.63, 3.8) is 0 Å². The molecule has 1 aromatic carbocycles. The number of aromatic nitrogens is 3. The monoisotopic (exact) mass is 450 g/mol. The number of amides is 2. The number of urea groups is 1. The van der Waals surface area contributed by atoms with Gasteiger partial charge in [-0.25, -0.2) is 14.8 Å². The fraction of sp³-hybridized carbons (Fsp3) is 0.304. The van der Waals surface area contributed by atoms with Crippen molar-refractivity contribution >= 4 is 40.5 Å². The molecular weight excluding hydrogens is 424 g/mol. The van der Waals surface area contributed by atoms with Gasteiger partial charge in [0.1, 0.15) is 5.52 Å². The number of fused-ring (bicyclic) bond motifs is 1. The topological polar surface area (TPSA) is 92.2 Å². The number of carbonyl (C=O) groups excluding carboxylic acids is 1. The van der Waals surface area contributed by atoms with Crippen molar-refractivity contribution in [2.24, 2.45) is 0 Å². The van der Waals surface area contributed by atoms with E-state index in [1.807, 2.05) is 47.6 Å². The molecule has 0 bridgehead atoms. The normalized spacial score (nSPS) is 14.3. The highest BCUT2D eigenvalue weighted by Crippen LogP contribution is 2.20. The van der Waals surface area contributed by atoms with E-state index in [1.165, 1.54) is 0 Å². The molecule has 32 heavy (non-hydrogen) atoms. The summed E-state index contributed by atoms with van der Waals surface area (Å²) in [5, 5.41) is 5.94. The van der Waals surface area contributed by atoms with Crippen LogP contribution in [0.25, 0.3) is 11.2 Å². The van der Waals surface area contributed by atoms with Crippen LogP contribution in [0.5, 0.6) is 0 Å². The number of hydrogen-bond acceptors (Lipinski definition) is 6. The minimum Gasteiger partial charge on any atom is -0.352 e. The van der Waals surface area contributed by atoms with Crippen molar-refractivity contribution in [1.29, 1.82) is 0 Å². The van der Waals surface area contributed by atoms with Gasteiger partial charge in [0.15, 0.2) is 11.5 Å². The summed E-state index contributed by atoms with van der Waals surface area (Å²) in [6.07, 6.45) is 6.79. The Labute approximate surface area is 190 Å². The molecule has 3 aromatic rings. The molecule has 1 fully saturated rings. The molecule has 9 heteroatoms. The summed E-state index contributed by atoms with van der Waals surface area (Å²) < 4.78 is 1.60. The molecule has 1 aliphatic heterocycles. The molecule has 0 saturated carbocycles. The molecule has 1 aliphatic rings. The van der Waals surface area contributed by atoms with Crippen molar-refractivity contribution in [3.05, 3.63) is 65.6 Å². The van der Waals surface area contributed by atoms with Crippen LogP contribution in [0.15, 0.2) is 64.9 Å². The lowest BCUT2D eigenvalue weighted by atomic mass is 10.1. The summed E-state index contributed by atoms with van der Waals surface area (Å²) in [4.78, 5) is 37.5. The Morgan fingerprint density at radius 3 is 2.84 bits per heavy atom. The van der Waals surface area contributed by atoms with Crippen molar-refractivity contribution in [2.45, 2.75) is 30.3 Å². The lowest BCUT2D eigenvalue weighted by molar-refractivity contribution is 0.246. The summed E-state index contributed by atoms with van der Waals surface area (Å²) in [5.41, 5.74) is 1.83. The largest absolute Gasteiger partial charge is 0.352 e. The van der Waals surface area contributed by atoms with Gasteiger partial charge in [-0.3, -0.25) is 9.36 Å². The van der Waals surface area contributed by atoms with Crippen LogP contribution in [0.4, 0.5) is 16.3 Å². The number of rotatable bonds is 6. The van der Waals surface area contributed by atoms with Gasteiger partial charge in [0.2, 0.25) is 0 Å². The van der Waals surface area contributed by atoms with E-state index in [4.69, 9.17) is 0 Å². The van der Waals surface area contributed by atoms with Crippen LogP contribution in [0.3, 0.4) is 0 Å². The molecule has 0 spiro atoms. The molecule has 0 unspecified atom stereocenters. The zero-order valence-electron chi connectivity index (χ0n) is 18.0. The van der Waals surface area contributed by atoms with Gasteiger partial charge in [-0.15, -0.1) is 18.3 Å². The average Bonchev–Trinajstić information content (AvgIpc) is 2.81. The number of pyridine rings is 1. The van der Waals surface area contributed by atoms with Crippen LogP contribution < -0.4 is 21.1 Å². The fourth-order valence-corrected chi connectivity index (χ4v) is 4.32. The number of benzene rings is 1. The van der Waals surface area contributed by atoms with E-state index in [0.29, 0.717) is 36.6 Å². The second-order valence-electron chi connectivity index (χ2n) is 7.58. The standard InChI is InChI=1S/C23H26N6O2S/c1-3-12-29-20-19(8-5-11-24-20)27-21(22(29)30)28-13-9-16(10-14-28)25-23(31)26-17-6-4-7-18(15-17)32-2/h3-8,11,15-16H,1,9-10,12-14H2,2H3,(H2,25,26,31). The van der Waals surface area contributed by atoms with Crippen LogP contribution >= 0.6 is 11.8 Å². The number of nitrogens with zero attached hydrogens (tertiary/aromatic N) is 4. The van der Waals surface area contributed by atoms with Crippen molar-refractivity contribution in [2.75, 3.05) is 29.6 Å². The highest BCUT2D eigenvalue weighted by atomic mass is 32.2. The summed E-state index contributed by atoms with van der Waals surface area (Å²) in [6.45, 7) is 5.39. The zero-order chi connectivity index (χ0) is 22.5. The maximum atomic E-state index is 13.1. The zero-order valence-corrected chi connectivity index (χ0v) is 18.8. The van der Waals surface area contributed by atoms with Gasteiger partial charge < -0.3 is 15.5 Å². The minimum atomic E-state index is -0.218. The average molecular weight is 451 g/mol. The molecule has 2 amide bonds. The van der Waals surface area contributed by atoms with Crippen molar-refractivity contribution in [3.8, 4) is 0 Å². The van der Waals surface area contributed by atoms with Gasteiger partial charge in [-0.2, -0.15) is 0 Å². The fourth-order valence-electron chi connectivity index (χ4n) is 3.86. The molecule has 0 radical (unpaired) electrons. The Balaban J connectivity index is 1.42. The number of hydrogen-bond donors (Lipinski definition) is 2. The van der Waals surface area contributed by atoms with Crippen LogP contribution in [-0.2, 0) is 6.54 Å². The maximum absolute atomic E-state index is 13.1. The van der Waals surface area contributed by atoms with Gasteiger partial charge in [-0.1, -0.05) is 12.1 Å². The predicted molar refractivity (Wildman–Crippen MR) is 130 cm³/mol. The molecule has 0 atom stereocenters. The maximum Gasteiger partial charge on any atom is 0.319 e. The predicted octanol–water partition coefficient (Wildman–Crippen LogP) is 3.49. The summed E-state index contributed by atoms with van der Waals surface area (Å²) in [5.74, 6) is 0.420. The molecule has 2 N–H and O–H groups in total. The highest BCUT2D eigenvalue weighted by Gasteiger charge is 2.24. The summed E-state index contributed by atoms with van der Waals surface area (Å²) >= 11 is 1.63. The van der Waals surface area contributed by atoms with Gasteiger partial charge >= 0.3 is 6.03 Å². The van der Waals surface area contributed by atoms with Crippen LogP contribution in [0, 0.1) is 0 Å². The third kappa shape index (κ3) is 4.77. The Morgan fingerprint density at radius 2 is 2.09 bits per heavy atom. The molecular formula is C23H26N6O2S. The SMILES string of the molecule is C=CCn1c(=O)c(N2CCC(NC(=O)Nc3cccc(SC)c3)CC2)nc2cccnc21. The lowest BCUT2D eigenvalue weighted by Gasteiger charge is -2.33. The van der Waals surface area contributed by atoms with E-state index < -0.39 is 0 Å². The molecule has 1 saturated heterocycles. The number of anilines is 2. The van der Waals surface area contributed by atoms with E-state index in [0.717, 1.165) is 23.4 Å². The summed E-state index contributed by atoms with van der Waals surface area (Å²) in [7, 11) is 0. The smallest absolute Gasteiger partial charge is 0.319 e. The molecule has 3 heterocycles. The number of carbonyl (C=O) groups is 1. The lowest BCUT2D eigenvalue weighted by Crippen LogP contribution is -2.47. The Morgan fingerprint density at radius 1 is 1.28 bits per heavy atom. The molecule has 4 rings (SSSR count). The Kier molecular flexibility index (Phi) is 6.75. The van der Waals surface area contributed by atoms with Crippen LogP contribution in [0.2, 0.25) is 0 Å². The number of piperidine rings is 1. The third-order valence-electron chi connectivity index (χ3n) is 5.45. The summed E-state index contributed by atoms with van der Waals surface area (Å²) in [6, 6.07) is 11.2. The molecule has 2 aromatic heterocycles. The van der Waals surface area contributed by atoms with Crippen LogP contribution in [-0.4, -0.2) is 46.0 Å². The first-order valence-corrected chi connectivity index (χ1v) is 11.7. The van der Waals surface area contributed by atoms with E-state index >= 15 is 0 Å². The second kappa shape index (κ2) is 9.86. The van der Waals surface area contributed by atoms with Crippen LogP contribution in [0.1, 0.15) is 12.8 Å². The van der Waals surface area contributed by atoms with Crippen molar-refractivity contribution < 1.29 is 4.79 Å². The molecule has 166 valence electrons. The second-order valence-corrected chi connectivity index (χ2v) is 8.46.